The molecule has 0 fully saturated rings. The van der Waals surface area contributed by atoms with Gasteiger partial charge >= 0.3 is 12.4 Å². The van der Waals surface area contributed by atoms with Gasteiger partial charge < -0.3 is 10.1 Å². The van der Waals surface area contributed by atoms with Gasteiger partial charge in [0.25, 0.3) is 5.91 Å². The van der Waals surface area contributed by atoms with Crippen LogP contribution in [0.3, 0.4) is 0 Å². The van der Waals surface area contributed by atoms with Crippen LogP contribution in [-0.2, 0) is 25.6 Å². The number of amides is 1. The number of hydrogen-bond donors (Lipinski definition) is 1. The fourth-order valence-electron chi connectivity index (χ4n) is 3.20. The summed E-state index contributed by atoms with van der Waals surface area (Å²) >= 11 is 0. The number of halogens is 6. The van der Waals surface area contributed by atoms with Crippen molar-refractivity contribution in [1.29, 1.82) is 0 Å². The fraction of sp³-hybridized carbons (Fsp3) is 0.174. The molecule has 4 rings (SSSR count). The van der Waals surface area contributed by atoms with E-state index in [0.29, 0.717) is 11.3 Å². The number of anilines is 1. The van der Waals surface area contributed by atoms with E-state index in [-0.39, 0.29) is 24.7 Å². The maximum atomic E-state index is 12.9. The quantitative estimate of drug-likeness (QED) is 0.336. The average molecular weight is 509 g/mol. The number of aromatic nitrogens is 4. The van der Waals surface area contributed by atoms with Crippen molar-refractivity contribution in [3.8, 4) is 5.75 Å². The van der Waals surface area contributed by atoms with Gasteiger partial charge in [0.05, 0.1) is 29.6 Å². The number of hydrogen-bond acceptors (Lipinski definition) is 4. The first kappa shape index (κ1) is 24.8. The second-order valence-electron chi connectivity index (χ2n) is 7.62. The molecule has 0 saturated heterocycles. The smallest absolute Gasteiger partial charge is 0.416 e. The largest absolute Gasteiger partial charge is 0.471 e. The molecule has 13 heteroatoms. The molecule has 2 heterocycles. The highest BCUT2D eigenvalue weighted by atomic mass is 19.4. The normalized spacial score (nSPS) is 11.9. The van der Waals surface area contributed by atoms with Crippen LogP contribution < -0.4 is 10.1 Å². The zero-order valence-corrected chi connectivity index (χ0v) is 18.2. The lowest BCUT2D eigenvalue weighted by Crippen LogP contribution is -2.14. The lowest BCUT2D eigenvalue weighted by Gasteiger charge is -2.10. The zero-order valence-electron chi connectivity index (χ0n) is 18.2. The molecule has 4 aromatic rings. The van der Waals surface area contributed by atoms with Gasteiger partial charge in [0, 0.05) is 12.4 Å². The minimum Gasteiger partial charge on any atom is -0.471 e. The van der Waals surface area contributed by atoms with E-state index < -0.39 is 29.4 Å². The molecule has 0 atom stereocenters. The Kier molecular flexibility index (Phi) is 6.73. The Labute approximate surface area is 199 Å². The maximum Gasteiger partial charge on any atom is 0.416 e. The molecule has 188 valence electrons. The van der Waals surface area contributed by atoms with Gasteiger partial charge in [-0.1, -0.05) is 18.2 Å². The number of nitrogens with zero attached hydrogens (tertiary/aromatic N) is 4. The van der Waals surface area contributed by atoms with E-state index in [9.17, 15) is 31.1 Å². The molecule has 0 aliphatic carbocycles. The Morgan fingerprint density at radius 2 is 1.61 bits per heavy atom. The van der Waals surface area contributed by atoms with E-state index in [1.165, 1.54) is 58.3 Å². The Morgan fingerprint density at radius 1 is 0.917 bits per heavy atom. The van der Waals surface area contributed by atoms with Crippen LogP contribution in [0.25, 0.3) is 0 Å². The molecule has 0 aliphatic rings. The topological polar surface area (TPSA) is 74.0 Å². The Morgan fingerprint density at radius 3 is 2.33 bits per heavy atom. The monoisotopic (exact) mass is 509 g/mol. The van der Waals surface area contributed by atoms with Crippen molar-refractivity contribution in [2.75, 3.05) is 5.32 Å². The fourth-order valence-corrected chi connectivity index (χ4v) is 3.20. The van der Waals surface area contributed by atoms with Gasteiger partial charge in [-0.3, -0.25) is 9.48 Å². The molecule has 0 bridgehead atoms. The maximum absolute atomic E-state index is 12.9. The highest BCUT2D eigenvalue weighted by molar-refractivity contribution is 6.02. The predicted molar refractivity (Wildman–Crippen MR) is 115 cm³/mol. The van der Waals surface area contributed by atoms with E-state index in [1.807, 2.05) is 0 Å². The van der Waals surface area contributed by atoms with Crippen molar-refractivity contribution in [2.45, 2.75) is 25.6 Å². The van der Waals surface area contributed by atoms with Gasteiger partial charge in [-0.05, 0) is 42.0 Å². The van der Waals surface area contributed by atoms with Crippen molar-refractivity contribution in [3.63, 3.8) is 0 Å². The first-order valence-corrected chi connectivity index (χ1v) is 10.3. The number of carbonyl (C=O) groups excluding carboxylic acids is 1. The lowest BCUT2D eigenvalue weighted by molar-refractivity contribution is -0.138. The molecule has 2 aromatic heterocycles. The highest BCUT2D eigenvalue weighted by Gasteiger charge is 2.31. The molecule has 2 aromatic carbocycles. The Hall–Kier alpha value is -4.29. The van der Waals surface area contributed by atoms with Crippen molar-refractivity contribution >= 4 is 11.6 Å². The van der Waals surface area contributed by atoms with E-state index in [2.05, 4.69) is 15.5 Å². The average Bonchev–Trinajstić information content (AvgIpc) is 3.47. The van der Waals surface area contributed by atoms with Crippen molar-refractivity contribution < 1.29 is 35.9 Å². The second-order valence-corrected chi connectivity index (χ2v) is 7.62. The number of benzene rings is 2. The molecule has 1 amide bonds. The molecule has 1 N–H and O–H groups in total. The van der Waals surface area contributed by atoms with Crippen LogP contribution in [0, 0.1) is 0 Å². The molecule has 0 spiro atoms. The van der Waals surface area contributed by atoms with E-state index >= 15 is 0 Å². The minimum absolute atomic E-state index is 0.00766. The van der Waals surface area contributed by atoms with Gasteiger partial charge in [0.2, 0.25) is 0 Å². The van der Waals surface area contributed by atoms with Crippen LogP contribution in [0.1, 0.15) is 27.2 Å². The predicted octanol–water partition coefficient (Wildman–Crippen LogP) is 5.45. The molecular formula is C23H17F6N5O2. The van der Waals surface area contributed by atoms with E-state index in [1.54, 1.807) is 0 Å². The third-order valence-corrected chi connectivity index (χ3v) is 4.89. The van der Waals surface area contributed by atoms with Crippen LogP contribution in [-0.4, -0.2) is 25.5 Å². The van der Waals surface area contributed by atoms with Gasteiger partial charge in [0.1, 0.15) is 5.75 Å². The minimum atomic E-state index is -4.50. The molecule has 36 heavy (non-hydrogen) atoms. The number of ether oxygens (including phenoxy) is 1. The van der Waals surface area contributed by atoms with E-state index in [0.717, 1.165) is 24.3 Å². The van der Waals surface area contributed by atoms with Crippen LogP contribution in [0.2, 0.25) is 0 Å². The van der Waals surface area contributed by atoms with E-state index in [4.69, 9.17) is 4.74 Å². The summed E-state index contributed by atoms with van der Waals surface area (Å²) in [7, 11) is 0. The molecule has 0 saturated carbocycles. The number of nitrogens with one attached hydrogen (secondary N) is 1. The van der Waals surface area contributed by atoms with Crippen molar-refractivity contribution in [3.05, 3.63) is 95.6 Å². The molecule has 7 nitrogen and oxygen atoms in total. The van der Waals surface area contributed by atoms with Crippen LogP contribution in [0.5, 0.6) is 5.75 Å². The van der Waals surface area contributed by atoms with Gasteiger partial charge in [0.15, 0.2) is 12.4 Å². The Balaban J connectivity index is 1.34. The van der Waals surface area contributed by atoms with Crippen LogP contribution in [0.4, 0.5) is 32.0 Å². The first-order valence-electron chi connectivity index (χ1n) is 10.3. The third-order valence-electron chi connectivity index (χ3n) is 4.89. The summed E-state index contributed by atoms with van der Waals surface area (Å²) in [5.41, 5.74) is -0.942. The summed E-state index contributed by atoms with van der Waals surface area (Å²) in [5.74, 6) is -0.606. The highest BCUT2D eigenvalue weighted by Crippen LogP contribution is 2.31. The van der Waals surface area contributed by atoms with Crippen LogP contribution in [0.15, 0.2) is 73.2 Å². The Bertz CT molecular complexity index is 1360. The number of rotatable bonds is 7. The first-order chi connectivity index (χ1) is 17.0. The second kappa shape index (κ2) is 9.76. The molecular weight excluding hydrogens is 492 g/mol. The zero-order chi connectivity index (χ0) is 25.9. The number of alkyl halides is 6. The summed E-state index contributed by atoms with van der Waals surface area (Å²) in [6, 6.07) is 10.6. The summed E-state index contributed by atoms with van der Waals surface area (Å²) < 4.78 is 85.0. The third kappa shape index (κ3) is 6.23. The molecule has 0 aliphatic heterocycles. The van der Waals surface area contributed by atoms with Crippen molar-refractivity contribution in [2.24, 2.45) is 0 Å². The standard InChI is InChI=1S/C23H17F6N5O2/c24-22(25,26)16-4-1-3-15(9-16)12-34-13-18(11-30-34)31-21(35)20-7-8-33(32-20)14-36-19-6-2-5-17(10-19)23(27,28)29/h1-11,13H,12,14H2,(H,31,35). The van der Waals surface area contributed by atoms with Crippen LogP contribution >= 0.6 is 0 Å². The summed E-state index contributed by atoms with van der Waals surface area (Å²) in [6.07, 6.45) is -4.76. The van der Waals surface area contributed by atoms with Crippen molar-refractivity contribution in [1.82, 2.24) is 19.6 Å². The molecule has 0 unspecified atom stereocenters. The lowest BCUT2D eigenvalue weighted by atomic mass is 10.1. The summed E-state index contributed by atoms with van der Waals surface area (Å²) in [6.45, 7) is -0.176. The summed E-state index contributed by atoms with van der Waals surface area (Å²) in [4.78, 5) is 12.5. The SMILES string of the molecule is O=C(Nc1cnn(Cc2cccc(C(F)(F)F)c2)c1)c1ccn(COc2cccc(C(F)(F)F)c2)n1. The van der Waals surface area contributed by atoms with Gasteiger partial charge in [-0.2, -0.15) is 36.5 Å². The molecule has 0 radical (unpaired) electrons. The number of carbonyl (C=O) groups is 1. The van der Waals surface area contributed by atoms with Gasteiger partial charge in [-0.25, -0.2) is 4.68 Å². The summed E-state index contributed by atoms with van der Waals surface area (Å²) in [5, 5.41) is 10.6. The van der Waals surface area contributed by atoms with Gasteiger partial charge in [-0.15, -0.1) is 0 Å².